The number of carbonyl (C=O) groups excluding carboxylic acids is 1. The molecule has 1 aliphatic rings. The van der Waals surface area contributed by atoms with Gasteiger partial charge in [0.2, 0.25) is 5.95 Å². The molecule has 1 saturated heterocycles. The van der Waals surface area contributed by atoms with Crippen molar-refractivity contribution in [2.24, 2.45) is 0 Å². The first-order valence-corrected chi connectivity index (χ1v) is 10.7. The minimum atomic E-state index is -0.546. The molecule has 0 bridgehead atoms. The molecular weight excluding hydrogens is 419 g/mol. The summed E-state index contributed by atoms with van der Waals surface area (Å²) in [6, 6.07) is 12.4. The number of hydrogen-bond donors (Lipinski definition) is 1. The van der Waals surface area contributed by atoms with Crippen molar-refractivity contribution in [3.05, 3.63) is 58.9 Å². The third kappa shape index (κ3) is 4.77. The SMILES string of the molecule is CC(C)(C)OC(=O)N[C@@H]1CCN(c2nc3ccccc3n2Cc2c(F)cccc2Cl)C1. The molecule has 31 heavy (non-hydrogen) atoms. The summed E-state index contributed by atoms with van der Waals surface area (Å²) >= 11 is 6.29. The fourth-order valence-corrected chi connectivity index (χ4v) is 4.06. The van der Waals surface area contributed by atoms with Gasteiger partial charge in [0.25, 0.3) is 0 Å². The number of hydrogen-bond acceptors (Lipinski definition) is 4. The van der Waals surface area contributed by atoms with Crippen LogP contribution in [0.15, 0.2) is 42.5 Å². The van der Waals surface area contributed by atoms with Gasteiger partial charge in [0.15, 0.2) is 0 Å². The molecule has 0 aliphatic carbocycles. The van der Waals surface area contributed by atoms with Crippen molar-refractivity contribution >= 4 is 34.7 Å². The Morgan fingerprint density at radius 1 is 1.26 bits per heavy atom. The lowest BCUT2D eigenvalue weighted by atomic mass is 10.2. The van der Waals surface area contributed by atoms with Gasteiger partial charge in [0.05, 0.1) is 23.6 Å². The van der Waals surface area contributed by atoms with E-state index in [1.165, 1.54) is 6.07 Å². The zero-order chi connectivity index (χ0) is 22.2. The second-order valence-electron chi connectivity index (χ2n) is 8.76. The van der Waals surface area contributed by atoms with Crippen molar-refractivity contribution in [1.29, 1.82) is 0 Å². The number of amides is 1. The van der Waals surface area contributed by atoms with Crippen LogP contribution in [0.25, 0.3) is 11.0 Å². The van der Waals surface area contributed by atoms with Gasteiger partial charge >= 0.3 is 6.09 Å². The number of nitrogens with one attached hydrogen (secondary N) is 1. The zero-order valence-electron chi connectivity index (χ0n) is 17.9. The van der Waals surface area contributed by atoms with Gasteiger partial charge in [-0.1, -0.05) is 29.8 Å². The molecule has 1 atom stereocenters. The first-order valence-electron chi connectivity index (χ1n) is 10.3. The van der Waals surface area contributed by atoms with Crippen molar-refractivity contribution < 1.29 is 13.9 Å². The van der Waals surface area contributed by atoms with Gasteiger partial charge in [-0.3, -0.25) is 0 Å². The van der Waals surface area contributed by atoms with Crippen molar-refractivity contribution in [3.63, 3.8) is 0 Å². The Kier molecular flexibility index (Phi) is 5.79. The number of halogens is 2. The predicted molar refractivity (Wildman–Crippen MR) is 120 cm³/mol. The first kappa shape index (κ1) is 21.4. The molecule has 3 aromatic rings. The fraction of sp³-hybridized carbons (Fsp3) is 0.391. The second kappa shape index (κ2) is 8.38. The topological polar surface area (TPSA) is 59.4 Å². The number of rotatable bonds is 4. The molecule has 8 heteroatoms. The maximum absolute atomic E-state index is 14.5. The van der Waals surface area contributed by atoms with E-state index >= 15 is 0 Å². The molecule has 1 aromatic heterocycles. The van der Waals surface area contributed by atoms with Gasteiger partial charge in [-0.15, -0.1) is 0 Å². The summed E-state index contributed by atoms with van der Waals surface area (Å²) < 4.78 is 21.9. The van der Waals surface area contributed by atoms with E-state index in [2.05, 4.69) is 10.2 Å². The van der Waals surface area contributed by atoms with Crippen LogP contribution in [0.4, 0.5) is 15.1 Å². The Morgan fingerprint density at radius 3 is 2.77 bits per heavy atom. The lowest BCUT2D eigenvalue weighted by Crippen LogP contribution is -2.40. The van der Waals surface area contributed by atoms with Crippen LogP contribution in [0.5, 0.6) is 0 Å². The number of ether oxygens (including phenoxy) is 1. The maximum Gasteiger partial charge on any atom is 0.407 e. The molecule has 4 rings (SSSR count). The van der Waals surface area contributed by atoms with Gasteiger partial charge in [0, 0.05) is 23.7 Å². The van der Waals surface area contributed by atoms with Crippen LogP contribution >= 0.6 is 11.6 Å². The highest BCUT2D eigenvalue weighted by Gasteiger charge is 2.29. The van der Waals surface area contributed by atoms with Crippen molar-refractivity contribution in [3.8, 4) is 0 Å². The smallest absolute Gasteiger partial charge is 0.407 e. The van der Waals surface area contributed by atoms with Crippen LogP contribution < -0.4 is 10.2 Å². The fourth-order valence-electron chi connectivity index (χ4n) is 3.84. The standard InChI is InChI=1S/C23H26ClFN4O2/c1-23(2,3)31-22(30)26-15-11-12-28(13-15)21-27-19-9-4-5-10-20(19)29(21)14-16-17(24)7-6-8-18(16)25/h4-10,15H,11-14H2,1-3H3,(H,26,30)/t15-/m1/s1. The third-order valence-electron chi connectivity index (χ3n) is 5.20. The summed E-state index contributed by atoms with van der Waals surface area (Å²) in [5, 5.41) is 3.32. The average Bonchev–Trinajstić information content (AvgIpc) is 3.27. The van der Waals surface area contributed by atoms with Crippen LogP contribution in [0.1, 0.15) is 32.8 Å². The summed E-state index contributed by atoms with van der Waals surface area (Å²) in [5.74, 6) is 0.385. The van der Waals surface area contributed by atoms with Crippen LogP contribution in [0.2, 0.25) is 5.02 Å². The molecule has 1 amide bonds. The second-order valence-corrected chi connectivity index (χ2v) is 9.17. The van der Waals surface area contributed by atoms with Gasteiger partial charge < -0.3 is 19.5 Å². The normalized spacial score (nSPS) is 16.7. The summed E-state index contributed by atoms with van der Waals surface area (Å²) in [6.45, 7) is 7.08. The third-order valence-corrected chi connectivity index (χ3v) is 5.56. The monoisotopic (exact) mass is 444 g/mol. The molecule has 0 saturated carbocycles. The molecule has 164 valence electrons. The Bertz CT molecular complexity index is 1090. The van der Waals surface area contributed by atoms with E-state index in [0.717, 1.165) is 29.9 Å². The van der Waals surface area contributed by atoms with E-state index in [4.69, 9.17) is 21.3 Å². The number of aromatic nitrogens is 2. The van der Waals surface area contributed by atoms with E-state index in [1.807, 2.05) is 49.6 Å². The van der Waals surface area contributed by atoms with Gasteiger partial charge in [-0.05, 0) is 51.5 Å². The summed E-state index contributed by atoms with van der Waals surface area (Å²) in [7, 11) is 0. The van der Waals surface area contributed by atoms with Crippen LogP contribution in [-0.2, 0) is 11.3 Å². The minimum absolute atomic E-state index is 0.0554. The first-order chi connectivity index (χ1) is 14.7. The molecule has 6 nitrogen and oxygen atoms in total. The quantitative estimate of drug-likeness (QED) is 0.616. The molecule has 1 N–H and O–H groups in total. The number of para-hydroxylation sites is 2. The van der Waals surface area contributed by atoms with Gasteiger partial charge in [-0.2, -0.15) is 0 Å². The summed E-state index contributed by atoms with van der Waals surface area (Å²) in [5.41, 5.74) is 1.61. The molecule has 1 fully saturated rings. The number of nitrogens with zero attached hydrogens (tertiary/aromatic N) is 3. The van der Waals surface area contributed by atoms with Crippen molar-refractivity contribution in [2.75, 3.05) is 18.0 Å². The molecule has 1 aliphatic heterocycles. The maximum atomic E-state index is 14.5. The minimum Gasteiger partial charge on any atom is -0.444 e. The molecule has 0 radical (unpaired) electrons. The average molecular weight is 445 g/mol. The molecule has 2 aromatic carbocycles. The Labute approximate surface area is 186 Å². The highest BCUT2D eigenvalue weighted by atomic mass is 35.5. The summed E-state index contributed by atoms with van der Waals surface area (Å²) in [4.78, 5) is 19.1. The number of carbonyl (C=O) groups is 1. The molecular formula is C23H26ClFN4O2. The lowest BCUT2D eigenvalue weighted by Gasteiger charge is -2.22. The van der Waals surface area contributed by atoms with E-state index < -0.39 is 11.7 Å². The van der Waals surface area contributed by atoms with Crippen molar-refractivity contribution in [2.45, 2.75) is 45.4 Å². The lowest BCUT2D eigenvalue weighted by molar-refractivity contribution is 0.0509. The van der Waals surface area contributed by atoms with E-state index in [1.54, 1.807) is 12.1 Å². The Hall–Kier alpha value is -2.80. The number of alkyl carbamates (subject to hydrolysis) is 1. The van der Waals surface area contributed by atoms with E-state index in [-0.39, 0.29) is 18.4 Å². The molecule has 0 spiro atoms. The number of benzene rings is 2. The molecule has 2 heterocycles. The van der Waals surface area contributed by atoms with Gasteiger partial charge in [-0.25, -0.2) is 14.2 Å². The Balaban J connectivity index is 1.60. The molecule has 0 unspecified atom stereocenters. The highest BCUT2D eigenvalue weighted by Crippen LogP contribution is 2.29. The Morgan fingerprint density at radius 2 is 2.03 bits per heavy atom. The summed E-state index contributed by atoms with van der Waals surface area (Å²) in [6.07, 6.45) is 0.342. The number of fused-ring (bicyclic) bond motifs is 1. The van der Waals surface area contributed by atoms with Crippen LogP contribution in [0, 0.1) is 5.82 Å². The zero-order valence-corrected chi connectivity index (χ0v) is 18.6. The largest absolute Gasteiger partial charge is 0.444 e. The number of anilines is 1. The van der Waals surface area contributed by atoms with Crippen molar-refractivity contribution in [1.82, 2.24) is 14.9 Å². The number of imidazole rings is 1. The predicted octanol–water partition coefficient (Wildman–Crippen LogP) is 4.98. The van der Waals surface area contributed by atoms with Crippen LogP contribution in [-0.4, -0.2) is 40.4 Å². The van der Waals surface area contributed by atoms with Crippen LogP contribution in [0.3, 0.4) is 0 Å². The van der Waals surface area contributed by atoms with E-state index in [0.29, 0.717) is 17.1 Å². The van der Waals surface area contributed by atoms with Gasteiger partial charge in [0.1, 0.15) is 11.4 Å². The van der Waals surface area contributed by atoms with E-state index in [9.17, 15) is 9.18 Å². The highest BCUT2D eigenvalue weighted by molar-refractivity contribution is 6.31.